The third-order valence-corrected chi connectivity index (χ3v) is 3.43. The number of nitrogens with zero attached hydrogens (tertiary/aromatic N) is 1. The highest BCUT2D eigenvalue weighted by Gasteiger charge is 2.21. The van der Waals surface area contributed by atoms with Crippen molar-refractivity contribution in [3.8, 4) is 23.3 Å². The molecule has 24 heavy (non-hydrogen) atoms. The van der Waals surface area contributed by atoms with Crippen molar-refractivity contribution in [3.63, 3.8) is 0 Å². The number of para-hydroxylation sites is 2. The lowest BCUT2D eigenvalue weighted by molar-refractivity contribution is -0.123. The maximum absolute atomic E-state index is 11.9. The highest BCUT2D eigenvalue weighted by atomic mass is 16.6. The van der Waals surface area contributed by atoms with Crippen LogP contribution in [-0.2, 0) is 4.79 Å². The van der Waals surface area contributed by atoms with E-state index in [0.717, 1.165) is 0 Å². The molecule has 2 aromatic rings. The number of hydrogen-bond acceptors (Lipinski definition) is 5. The van der Waals surface area contributed by atoms with Crippen molar-refractivity contribution in [2.24, 2.45) is 0 Å². The molecule has 6 nitrogen and oxygen atoms in total. The van der Waals surface area contributed by atoms with Crippen LogP contribution in [0.4, 0.5) is 0 Å². The van der Waals surface area contributed by atoms with Crippen LogP contribution in [0.2, 0.25) is 0 Å². The van der Waals surface area contributed by atoms with Gasteiger partial charge < -0.3 is 19.5 Å². The summed E-state index contributed by atoms with van der Waals surface area (Å²) in [5.41, 5.74) is 0.485. The maximum atomic E-state index is 11.9. The number of rotatable bonds is 5. The van der Waals surface area contributed by atoms with Gasteiger partial charge in [0.15, 0.2) is 18.1 Å². The third kappa shape index (κ3) is 3.96. The van der Waals surface area contributed by atoms with Crippen LogP contribution < -0.4 is 19.5 Å². The summed E-state index contributed by atoms with van der Waals surface area (Å²) in [4.78, 5) is 11.9. The highest BCUT2D eigenvalue weighted by Crippen LogP contribution is 2.30. The van der Waals surface area contributed by atoms with E-state index < -0.39 is 0 Å². The summed E-state index contributed by atoms with van der Waals surface area (Å²) in [5, 5.41) is 11.6. The second kappa shape index (κ2) is 7.38. The molecule has 0 saturated carbocycles. The van der Waals surface area contributed by atoms with Crippen LogP contribution in [0.1, 0.15) is 5.56 Å². The molecule has 0 fully saturated rings. The van der Waals surface area contributed by atoms with Crippen LogP contribution >= 0.6 is 0 Å². The van der Waals surface area contributed by atoms with Gasteiger partial charge in [-0.1, -0.05) is 18.2 Å². The smallest absolute Gasteiger partial charge is 0.258 e. The third-order valence-electron chi connectivity index (χ3n) is 3.43. The molecule has 0 aliphatic carbocycles. The SMILES string of the molecule is N#Cc1cccc(OCC(=O)NCC2COc3ccccc3O2)c1. The number of carbonyl (C=O) groups is 1. The molecule has 1 aliphatic rings. The molecule has 3 rings (SSSR count). The van der Waals surface area contributed by atoms with Crippen LogP contribution in [0.25, 0.3) is 0 Å². The molecule has 2 aromatic carbocycles. The minimum Gasteiger partial charge on any atom is -0.486 e. The summed E-state index contributed by atoms with van der Waals surface area (Å²) < 4.78 is 16.7. The van der Waals surface area contributed by atoms with Gasteiger partial charge in [-0.2, -0.15) is 5.26 Å². The van der Waals surface area contributed by atoms with Crippen molar-refractivity contribution in [3.05, 3.63) is 54.1 Å². The van der Waals surface area contributed by atoms with Crippen LogP contribution in [0.3, 0.4) is 0 Å². The first-order valence-electron chi connectivity index (χ1n) is 7.53. The molecular weight excluding hydrogens is 308 g/mol. The summed E-state index contributed by atoms with van der Waals surface area (Å²) in [7, 11) is 0. The zero-order valence-electron chi connectivity index (χ0n) is 12.9. The Balaban J connectivity index is 1.44. The van der Waals surface area contributed by atoms with Crippen molar-refractivity contribution in [2.45, 2.75) is 6.10 Å². The zero-order valence-corrected chi connectivity index (χ0v) is 12.9. The largest absolute Gasteiger partial charge is 0.486 e. The number of amides is 1. The second-order valence-corrected chi connectivity index (χ2v) is 5.23. The molecule has 0 saturated heterocycles. The molecule has 122 valence electrons. The first-order valence-corrected chi connectivity index (χ1v) is 7.53. The monoisotopic (exact) mass is 324 g/mol. The maximum Gasteiger partial charge on any atom is 0.258 e. The predicted molar refractivity (Wildman–Crippen MR) is 86.0 cm³/mol. The summed E-state index contributed by atoms with van der Waals surface area (Å²) in [6.45, 7) is 0.580. The van der Waals surface area contributed by atoms with Gasteiger partial charge in [0.05, 0.1) is 18.2 Å². The Morgan fingerprint density at radius 1 is 1.25 bits per heavy atom. The van der Waals surface area contributed by atoms with E-state index >= 15 is 0 Å². The van der Waals surface area contributed by atoms with Gasteiger partial charge in [-0.05, 0) is 30.3 Å². The lowest BCUT2D eigenvalue weighted by Gasteiger charge is -2.26. The lowest BCUT2D eigenvalue weighted by Crippen LogP contribution is -2.42. The molecule has 0 spiro atoms. The van der Waals surface area contributed by atoms with E-state index in [2.05, 4.69) is 5.32 Å². The number of nitrogens with one attached hydrogen (secondary N) is 1. The van der Waals surface area contributed by atoms with Crippen LogP contribution in [-0.4, -0.2) is 31.8 Å². The average Bonchev–Trinajstić information content (AvgIpc) is 2.64. The Morgan fingerprint density at radius 2 is 2.08 bits per heavy atom. The Hall–Kier alpha value is -3.20. The first kappa shape index (κ1) is 15.7. The van der Waals surface area contributed by atoms with Gasteiger partial charge >= 0.3 is 0 Å². The average molecular weight is 324 g/mol. The normalized spacial score (nSPS) is 15.2. The van der Waals surface area contributed by atoms with Gasteiger partial charge in [-0.25, -0.2) is 0 Å². The minimum atomic E-state index is -0.264. The minimum absolute atomic E-state index is 0.126. The summed E-state index contributed by atoms with van der Waals surface area (Å²) in [5.74, 6) is 1.60. The summed E-state index contributed by atoms with van der Waals surface area (Å²) >= 11 is 0. The molecule has 0 radical (unpaired) electrons. The lowest BCUT2D eigenvalue weighted by atomic mass is 10.2. The van der Waals surface area contributed by atoms with Crippen molar-refractivity contribution in [1.29, 1.82) is 5.26 Å². The molecule has 1 aliphatic heterocycles. The standard InChI is InChI=1S/C18H16N2O4/c19-9-13-4-3-5-14(8-13)22-12-18(21)20-10-15-11-23-16-6-1-2-7-17(16)24-15/h1-8,15H,10-12H2,(H,20,21). The Kier molecular flexibility index (Phi) is 4.82. The highest BCUT2D eigenvalue weighted by molar-refractivity contribution is 5.77. The van der Waals surface area contributed by atoms with Gasteiger partial charge in [0.25, 0.3) is 5.91 Å². The Morgan fingerprint density at radius 3 is 2.92 bits per heavy atom. The first-order chi connectivity index (χ1) is 11.7. The molecule has 6 heteroatoms. The van der Waals surface area contributed by atoms with Crippen LogP contribution in [0.5, 0.6) is 17.2 Å². The van der Waals surface area contributed by atoms with E-state index in [0.29, 0.717) is 36.0 Å². The number of nitriles is 1. The zero-order chi connectivity index (χ0) is 16.8. The number of ether oxygens (including phenoxy) is 3. The molecule has 1 amide bonds. The van der Waals surface area contributed by atoms with Gasteiger partial charge in [-0.15, -0.1) is 0 Å². The van der Waals surface area contributed by atoms with Crippen LogP contribution in [0.15, 0.2) is 48.5 Å². The van der Waals surface area contributed by atoms with Gasteiger partial charge in [0.1, 0.15) is 18.5 Å². The quantitative estimate of drug-likeness (QED) is 0.908. The van der Waals surface area contributed by atoms with E-state index in [4.69, 9.17) is 19.5 Å². The Bertz CT molecular complexity index is 770. The number of carbonyl (C=O) groups excluding carboxylic acids is 1. The van der Waals surface area contributed by atoms with Gasteiger partial charge in [-0.3, -0.25) is 4.79 Å². The fourth-order valence-electron chi connectivity index (χ4n) is 2.25. The number of benzene rings is 2. The molecule has 1 unspecified atom stereocenters. The van der Waals surface area contributed by atoms with Gasteiger partial charge in [0, 0.05) is 0 Å². The fourth-order valence-corrected chi connectivity index (χ4v) is 2.25. The molecule has 0 aromatic heterocycles. The molecule has 1 heterocycles. The van der Waals surface area contributed by atoms with E-state index in [-0.39, 0.29) is 18.6 Å². The van der Waals surface area contributed by atoms with E-state index in [1.165, 1.54) is 0 Å². The topological polar surface area (TPSA) is 80.6 Å². The van der Waals surface area contributed by atoms with E-state index in [9.17, 15) is 4.79 Å². The van der Waals surface area contributed by atoms with Crippen molar-refractivity contribution >= 4 is 5.91 Å². The fraction of sp³-hybridized carbons (Fsp3) is 0.222. The molecule has 1 atom stereocenters. The predicted octanol–water partition coefficient (Wildman–Crippen LogP) is 1.89. The number of hydrogen-bond donors (Lipinski definition) is 1. The Labute approximate surface area is 139 Å². The second-order valence-electron chi connectivity index (χ2n) is 5.23. The van der Waals surface area contributed by atoms with E-state index in [1.54, 1.807) is 24.3 Å². The van der Waals surface area contributed by atoms with E-state index in [1.807, 2.05) is 30.3 Å². The van der Waals surface area contributed by atoms with Gasteiger partial charge in [0.2, 0.25) is 0 Å². The molecular formula is C18H16N2O4. The molecule has 0 bridgehead atoms. The van der Waals surface area contributed by atoms with Crippen molar-refractivity contribution in [2.75, 3.05) is 19.8 Å². The summed E-state index contributed by atoms with van der Waals surface area (Å²) in [6, 6.07) is 16.1. The van der Waals surface area contributed by atoms with Crippen molar-refractivity contribution in [1.82, 2.24) is 5.32 Å². The van der Waals surface area contributed by atoms with Crippen LogP contribution in [0, 0.1) is 11.3 Å². The molecule has 1 N–H and O–H groups in total. The number of fused-ring (bicyclic) bond motifs is 1. The summed E-state index contributed by atoms with van der Waals surface area (Å²) in [6.07, 6.45) is -0.245. The van der Waals surface area contributed by atoms with Crippen molar-refractivity contribution < 1.29 is 19.0 Å².